The summed E-state index contributed by atoms with van der Waals surface area (Å²) in [6, 6.07) is 28.0. The number of fused-ring (bicyclic) bond motifs is 6. The lowest BCUT2D eigenvalue weighted by Gasteiger charge is -2.39. The lowest BCUT2D eigenvalue weighted by Crippen LogP contribution is -2.51. The van der Waals surface area contributed by atoms with E-state index in [9.17, 15) is 30.0 Å². The number of carbonyl (C=O) groups excluding carboxylic acids is 2. The molecule has 70 heavy (non-hydrogen) atoms. The summed E-state index contributed by atoms with van der Waals surface area (Å²) >= 11 is 0. The summed E-state index contributed by atoms with van der Waals surface area (Å²) in [4.78, 5) is 35.4. The second-order valence-corrected chi connectivity index (χ2v) is 21.7. The van der Waals surface area contributed by atoms with Crippen molar-refractivity contribution in [3.63, 3.8) is 0 Å². The standard InChI is InChI=1S/C54H68N6O8S2/c1-51(2)45-37-41(9-15-47(45)59-27-33-67-53(51,59)19-17-39-5-11-43(12-6-39)57(23-29-61)24-30-62)49(65)55-21-35-69-70-36-22-56-50(66)42-10-16-48-46(38-42)52(3,4)54(60(48)28-34-68-54)20-18-40-7-13-44(14-8-40)58(25-31-63)26-32-64/h5-20,37-38,61-64H,21-36H2,1-4H3,(H,55,65)(H,56,66)/b19-17+,20-18+. The van der Waals surface area contributed by atoms with Crippen LogP contribution in [0.1, 0.15) is 70.7 Å². The van der Waals surface area contributed by atoms with Gasteiger partial charge in [-0.15, -0.1) is 0 Å². The molecule has 0 aromatic heterocycles. The highest BCUT2D eigenvalue weighted by molar-refractivity contribution is 8.76. The molecular formula is C54H68N6O8S2. The monoisotopic (exact) mass is 992 g/mol. The van der Waals surface area contributed by atoms with E-state index in [0.29, 0.717) is 75.1 Å². The van der Waals surface area contributed by atoms with Crippen molar-refractivity contribution in [2.45, 2.75) is 50.0 Å². The summed E-state index contributed by atoms with van der Waals surface area (Å²) in [6.07, 6.45) is 8.43. The smallest absolute Gasteiger partial charge is 0.251 e. The van der Waals surface area contributed by atoms with Gasteiger partial charge in [-0.05, 0) is 95.1 Å². The molecule has 2 saturated heterocycles. The molecule has 6 N–H and O–H groups in total. The number of hydrogen-bond acceptors (Lipinski definition) is 14. The van der Waals surface area contributed by atoms with Crippen LogP contribution < -0.4 is 30.2 Å². The van der Waals surface area contributed by atoms with E-state index >= 15 is 0 Å². The maximum absolute atomic E-state index is 13.4. The Morgan fingerprint density at radius 2 is 0.957 bits per heavy atom. The molecule has 2 amide bonds. The normalized spacial score (nSPS) is 20.5. The summed E-state index contributed by atoms with van der Waals surface area (Å²) in [5.41, 5.74) is 7.02. The highest BCUT2D eigenvalue weighted by atomic mass is 33.1. The lowest BCUT2D eigenvalue weighted by atomic mass is 9.77. The molecule has 0 aliphatic carbocycles. The Labute approximate surface area is 420 Å². The van der Waals surface area contributed by atoms with Crippen LogP contribution in [-0.4, -0.2) is 147 Å². The van der Waals surface area contributed by atoms with E-state index in [1.54, 1.807) is 21.6 Å². The van der Waals surface area contributed by atoms with Gasteiger partial charge in [0.05, 0.1) is 39.6 Å². The first-order valence-corrected chi connectivity index (χ1v) is 26.8. The minimum atomic E-state index is -0.716. The molecule has 0 spiro atoms. The predicted molar refractivity (Wildman–Crippen MR) is 284 cm³/mol. The average molecular weight is 993 g/mol. The zero-order valence-corrected chi connectivity index (χ0v) is 42.4. The van der Waals surface area contributed by atoms with Crippen LogP contribution >= 0.6 is 21.6 Å². The molecule has 2 fully saturated rings. The van der Waals surface area contributed by atoms with Gasteiger partial charge in [0.1, 0.15) is 0 Å². The van der Waals surface area contributed by atoms with Gasteiger partial charge in [0.25, 0.3) is 11.8 Å². The summed E-state index contributed by atoms with van der Waals surface area (Å²) in [5, 5.41) is 44.0. The number of nitrogens with one attached hydrogen (secondary N) is 2. The van der Waals surface area contributed by atoms with E-state index in [-0.39, 0.29) is 38.2 Å². The SMILES string of the molecule is CC1(C)c2cc(C(=O)NCCSSCCNC(=O)c3ccc4c(c3)C(C)(C)C3(/C=C/c5ccc(N(CCO)CCO)cc5)OCCN43)ccc2N2CCOC21/C=C/c1ccc(N(CCO)CCO)cc1. The van der Waals surface area contributed by atoms with E-state index in [2.05, 4.69) is 72.4 Å². The number of rotatable bonds is 23. The first-order chi connectivity index (χ1) is 33.8. The summed E-state index contributed by atoms with van der Waals surface area (Å²) in [5.74, 6) is 1.19. The van der Waals surface area contributed by atoms with Gasteiger partial charge in [-0.1, -0.05) is 85.7 Å². The molecule has 4 aromatic rings. The molecule has 374 valence electrons. The van der Waals surface area contributed by atoms with Crippen LogP contribution in [0.5, 0.6) is 0 Å². The van der Waals surface area contributed by atoms with Crippen LogP contribution in [0.2, 0.25) is 0 Å². The number of ether oxygens (including phenoxy) is 2. The van der Waals surface area contributed by atoms with Gasteiger partial charge in [-0.2, -0.15) is 0 Å². The largest absolute Gasteiger partial charge is 0.395 e. The molecular weight excluding hydrogens is 925 g/mol. The van der Waals surface area contributed by atoms with Crippen molar-refractivity contribution in [2.75, 3.05) is 123 Å². The molecule has 0 saturated carbocycles. The van der Waals surface area contributed by atoms with Gasteiger partial charge in [0.2, 0.25) is 0 Å². The van der Waals surface area contributed by atoms with Crippen molar-refractivity contribution < 1.29 is 39.5 Å². The fraction of sp³-hybridized carbons (Fsp3) is 0.444. The third kappa shape index (κ3) is 9.94. The number of anilines is 4. The Hall–Kier alpha value is -5.04. The van der Waals surface area contributed by atoms with Gasteiger partial charge in [-0.25, -0.2) is 0 Å². The summed E-state index contributed by atoms with van der Waals surface area (Å²) in [6.45, 7) is 14.2. The molecule has 2 atom stereocenters. The van der Waals surface area contributed by atoms with Crippen LogP contribution in [-0.2, 0) is 20.3 Å². The number of aliphatic hydroxyl groups is 4. The quantitative estimate of drug-likeness (QED) is 0.0385. The molecule has 4 aliphatic rings. The van der Waals surface area contributed by atoms with Crippen LogP contribution in [0, 0.1) is 0 Å². The number of aliphatic hydroxyl groups excluding tert-OH is 4. The molecule has 16 heteroatoms. The number of amides is 2. The van der Waals surface area contributed by atoms with E-state index in [4.69, 9.17) is 9.47 Å². The van der Waals surface area contributed by atoms with E-state index < -0.39 is 22.3 Å². The van der Waals surface area contributed by atoms with Crippen molar-refractivity contribution in [1.29, 1.82) is 0 Å². The lowest BCUT2D eigenvalue weighted by molar-refractivity contribution is 0.000267. The van der Waals surface area contributed by atoms with Crippen LogP contribution in [0.4, 0.5) is 22.7 Å². The number of benzene rings is 4. The molecule has 0 bridgehead atoms. The fourth-order valence-electron chi connectivity index (χ4n) is 10.6. The average Bonchev–Trinajstić information content (AvgIpc) is 4.09. The first kappa shape index (κ1) is 51.3. The third-order valence-corrected chi connectivity index (χ3v) is 16.7. The topological polar surface area (TPSA) is 171 Å². The van der Waals surface area contributed by atoms with Crippen molar-refractivity contribution in [3.05, 3.63) is 130 Å². The predicted octanol–water partition coefficient (Wildman–Crippen LogP) is 5.88. The summed E-state index contributed by atoms with van der Waals surface area (Å²) in [7, 11) is 3.33. The van der Waals surface area contributed by atoms with Gasteiger partial charge < -0.3 is 60.1 Å². The maximum Gasteiger partial charge on any atom is 0.251 e. The minimum Gasteiger partial charge on any atom is -0.395 e. The van der Waals surface area contributed by atoms with Crippen molar-refractivity contribution in [1.82, 2.24) is 10.6 Å². The highest BCUT2D eigenvalue weighted by Crippen LogP contribution is 2.56. The van der Waals surface area contributed by atoms with E-state index in [1.165, 1.54) is 0 Å². The summed E-state index contributed by atoms with van der Waals surface area (Å²) < 4.78 is 13.1. The minimum absolute atomic E-state index is 0.00960. The van der Waals surface area contributed by atoms with Gasteiger partial charge >= 0.3 is 0 Å². The van der Waals surface area contributed by atoms with Crippen LogP contribution in [0.3, 0.4) is 0 Å². The van der Waals surface area contributed by atoms with Gasteiger partial charge in [-0.3, -0.25) is 9.59 Å². The van der Waals surface area contributed by atoms with Gasteiger partial charge in [0, 0.05) is 109 Å². The second-order valence-electron chi connectivity index (χ2n) is 19.0. The van der Waals surface area contributed by atoms with Crippen LogP contribution in [0.25, 0.3) is 12.2 Å². The Balaban J connectivity index is 0.796. The molecule has 8 rings (SSSR count). The van der Waals surface area contributed by atoms with Crippen LogP contribution in [0.15, 0.2) is 97.1 Å². The second kappa shape index (κ2) is 22.2. The Morgan fingerprint density at radius 3 is 1.31 bits per heavy atom. The van der Waals surface area contributed by atoms with Crippen molar-refractivity contribution in [3.8, 4) is 0 Å². The zero-order chi connectivity index (χ0) is 49.5. The van der Waals surface area contributed by atoms with Crippen molar-refractivity contribution in [2.24, 2.45) is 0 Å². The molecule has 14 nitrogen and oxygen atoms in total. The first-order valence-electron chi connectivity index (χ1n) is 24.3. The Morgan fingerprint density at radius 1 is 0.586 bits per heavy atom. The number of nitrogens with zero attached hydrogens (tertiary/aromatic N) is 4. The zero-order valence-electron chi connectivity index (χ0n) is 40.7. The highest BCUT2D eigenvalue weighted by Gasteiger charge is 2.60. The molecule has 4 aliphatic heterocycles. The molecule has 2 unspecified atom stereocenters. The molecule has 4 heterocycles. The number of carbonyl (C=O) groups is 2. The van der Waals surface area contributed by atoms with E-state index in [0.717, 1.165) is 58.1 Å². The Bertz CT molecular complexity index is 2340. The number of hydrogen-bond donors (Lipinski definition) is 6. The third-order valence-electron chi connectivity index (χ3n) is 14.3. The molecule has 0 radical (unpaired) electrons. The van der Waals surface area contributed by atoms with Crippen molar-refractivity contribution >= 4 is 68.3 Å². The Kier molecular flexibility index (Phi) is 16.2. The fourth-order valence-corrected chi connectivity index (χ4v) is 12.4. The van der Waals surface area contributed by atoms with E-state index in [1.807, 2.05) is 94.7 Å². The van der Waals surface area contributed by atoms with Gasteiger partial charge in [0.15, 0.2) is 11.4 Å². The molecule has 4 aromatic carbocycles. The maximum atomic E-state index is 13.4.